The van der Waals surface area contributed by atoms with Crippen molar-refractivity contribution in [2.45, 2.75) is 19.3 Å². The van der Waals surface area contributed by atoms with Crippen LogP contribution in [0.5, 0.6) is 0 Å². The molecule has 0 aliphatic carbocycles. The molecule has 0 radical (unpaired) electrons. The fourth-order valence-electron chi connectivity index (χ4n) is 3.16. The number of anilines is 1. The van der Waals surface area contributed by atoms with E-state index in [2.05, 4.69) is 11.9 Å². The number of carbonyl (C=O) groups excluding carboxylic acids is 2. The third-order valence-corrected chi connectivity index (χ3v) is 4.48. The Morgan fingerprint density at radius 2 is 1.91 bits per heavy atom. The molecule has 1 aromatic carbocycles. The zero-order chi connectivity index (χ0) is 15.5. The maximum Gasteiger partial charge on any atom is 0.253 e. The molecule has 118 valence electrons. The van der Waals surface area contributed by atoms with Gasteiger partial charge in [-0.05, 0) is 44.6 Å². The molecule has 2 amide bonds. The van der Waals surface area contributed by atoms with Crippen molar-refractivity contribution in [3.63, 3.8) is 0 Å². The van der Waals surface area contributed by atoms with E-state index in [0.717, 1.165) is 51.3 Å². The van der Waals surface area contributed by atoms with Crippen LogP contribution in [-0.4, -0.2) is 61.4 Å². The van der Waals surface area contributed by atoms with Crippen LogP contribution in [0.1, 0.15) is 29.6 Å². The SMILES string of the molecule is CN1CCCN(C(=O)c2cccc(N3CCCC3=O)c2)CC1. The molecule has 2 heterocycles. The van der Waals surface area contributed by atoms with E-state index in [9.17, 15) is 9.59 Å². The minimum absolute atomic E-state index is 0.0730. The number of benzene rings is 1. The fourth-order valence-corrected chi connectivity index (χ4v) is 3.16. The van der Waals surface area contributed by atoms with E-state index in [1.54, 1.807) is 4.90 Å². The van der Waals surface area contributed by atoms with Gasteiger partial charge in [0.25, 0.3) is 5.91 Å². The van der Waals surface area contributed by atoms with E-state index in [-0.39, 0.29) is 11.8 Å². The molecule has 2 fully saturated rings. The van der Waals surface area contributed by atoms with Crippen molar-refractivity contribution >= 4 is 17.5 Å². The summed E-state index contributed by atoms with van der Waals surface area (Å²) >= 11 is 0. The van der Waals surface area contributed by atoms with Crippen molar-refractivity contribution in [3.05, 3.63) is 29.8 Å². The summed E-state index contributed by atoms with van der Waals surface area (Å²) in [4.78, 5) is 30.5. The molecule has 1 aromatic rings. The van der Waals surface area contributed by atoms with Crippen LogP contribution >= 0.6 is 0 Å². The van der Waals surface area contributed by atoms with E-state index in [4.69, 9.17) is 0 Å². The predicted molar refractivity (Wildman–Crippen MR) is 86.0 cm³/mol. The van der Waals surface area contributed by atoms with Crippen molar-refractivity contribution in [2.75, 3.05) is 44.7 Å². The van der Waals surface area contributed by atoms with Gasteiger partial charge in [0.15, 0.2) is 0 Å². The van der Waals surface area contributed by atoms with E-state index < -0.39 is 0 Å². The van der Waals surface area contributed by atoms with Gasteiger partial charge in [-0.1, -0.05) is 6.07 Å². The molecule has 2 saturated heterocycles. The van der Waals surface area contributed by atoms with Gasteiger partial charge in [-0.3, -0.25) is 9.59 Å². The monoisotopic (exact) mass is 301 g/mol. The summed E-state index contributed by atoms with van der Waals surface area (Å²) in [6.07, 6.45) is 2.51. The number of rotatable bonds is 2. The van der Waals surface area contributed by atoms with Crippen molar-refractivity contribution in [2.24, 2.45) is 0 Å². The first-order valence-corrected chi connectivity index (χ1v) is 8.03. The van der Waals surface area contributed by atoms with Gasteiger partial charge in [-0.25, -0.2) is 0 Å². The summed E-state index contributed by atoms with van der Waals surface area (Å²) in [5, 5.41) is 0. The van der Waals surface area contributed by atoms with Gasteiger partial charge in [-0.2, -0.15) is 0 Å². The van der Waals surface area contributed by atoms with Gasteiger partial charge in [0.2, 0.25) is 5.91 Å². The first kappa shape index (κ1) is 15.0. The molecule has 0 spiro atoms. The molecule has 5 nitrogen and oxygen atoms in total. The van der Waals surface area contributed by atoms with Gasteiger partial charge in [0.1, 0.15) is 0 Å². The summed E-state index contributed by atoms with van der Waals surface area (Å²) in [5.41, 5.74) is 1.53. The van der Waals surface area contributed by atoms with Crippen LogP contribution in [0, 0.1) is 0 Å². The number of amides is 2. The van der Waals surface area contributed by atoms with Crippen molar-refractivity contribution < 1.29 is 9.59 Å². The molecule has 0 saturated carbocycles. The first-order chi connectivity index (χ1) is 10.6. The molecule has 0 aromatic heterocycles. The summed E-state index contributed by atoms with van der Waals surface area (Å²) in [6, 6.07) is 7.50. The summed E-state index contributed by atoms with van der Waals surface area (Å²) in [6.45, 7) is 4.27. The lowest BCUT2D eigenvalue weighted by atomic mass is 10.1. The molecular weight excluding hydrogens is 278 g/mol. The van der Waals surface area contributed by atoms with Crippen LogP contribution in [0.4, 0.5) is 5.69 Å². The predicted octanol–water partition coefficient (Wildman–Crippen LogP) is 1.59. The Morgan fingerprint density at radius 3 is 2.68 bits per heavy atom. The molecular formula is C17H23N3O2. The highest BCUT2D eigenvalue weighted by molar-refractivity contribution is 5.99. The van der Waals surface area contributed by atoms with Crippen LogP contribution in [0.2, 0.25) is 0 Å². The van der Waals surface area contributed by atoms with E-state index in [0.29, 0.717) is 12.0 Å². The molecule has 2 aliphatic rings. The normalized spacial score (nSPS) is 20.3. The number of likely N-dealkylation sites (N-methyl/N-ethyl adjacent to an activating group) is 1. The smallest absolute Gasteiger partial charge is 0.253 e. The highest BCUT2D eigenvalue weighted by Gasteiger charge is 2.23. The van der Waals surface area contributed by atoms with Crippen LogP contribution in [0.25, 0.3) is 0 Å². The second-order valence-electron chi connectivity index (χ2n) is 6.15. The van der Waals surface area contributed by atoms with Crippen LogP contribution in [0.3, 0.4) is 0 Å². The molecule has 0 N–H and O–H groups in total. The number of nitrogens with zero attached hydrogens (tertiary/aromatic N) is 3. The Hall–Kier alpha value is -1.88. The maximum atomic E-state index is 12.7. The maximum absolute atomic E-state index is 12.7. The Labute approximate surface area is 131 Å². The molecule has 0 atom stereocenters. The van der Waals surface area contributed by atoms with E-state index >= 15 is 0 Å². The van der Waals surface area contributed by atoms with Gasteiger partial charge in [0, 0.05) is 43.9 Å². The molecule has 0 unspecified atom stereocenters. The second-order valence-corrected chi connectivity index (χ2v) is 6.15. The topological polar surface area (TPSA) is 43.9 Å². The standard InChI is InChI=1S/C17H23N3O2/c1-18-8-4-9-19(12-11-18)17(22)14-5-2-6-15(13-14)20-10-3-7-16(20)21/h2,5-6,13H,3-4,7-12H2,1H3. The van der Waals surface area contributed by atoms with Crippen LogP contribution in [-0.2, 0) is 4.79 Å². The Balaban J connectivity index is 1.76. The largest absolute Gasteiger partial charge is 0.337 e. The van der Waals surface area contributed by atoms with E-state index in [1.165, 1.54) is 0 Å². The fraction of sp³-hybridized carbons (Fsp3) is 0.529. The van der Waals surface area contributed by atoms with Gasteiger partial charge in [0.05, 0.1) is 0 Å². The minimum atomic E-state index is 0.0730. The molecule has 0 bridgehead atoms. The third kappa shape index (κ3) is 3.14. The second kappa shape index (κ2) is 6.48. The first-order valence-electron chi connectivity index (χ1n) is 8.03. The summed E-state index contributed by atoms with van der Waals surface area (Å²) in [7, 11) is 2.09. The lowest BCUT2D eigenvalue weighted by Crippen LogP contribution is -2.34. The molecule has 22 heavy (non-hydrogen) atoms. The van der Waals surface area contributed by atoms with Gasteiger partial charge in [-0.15, -0.1) is 0 Å². The lowest BCUT2D eigenvalue weighted by molar-refractivity contribution is -0.117. The van der Waals surface area contributed by atoms with Gasteiger partial charge >= 0.3 is 0 Å². The molecule has 2 aliphatic heterocycles. The number of hydrogen-bond acceptors (Lipinski definition) is 3. The Kier molecular flexibility index (Phi) is 4.43. The average molecular weight is 301 g/mol. The number of carbonyl (C=O) groups is 2. The van der Waals surface area contributed by atoms with Crippen LogP contribution < -0.4 is 4.90 Å². The highest BCUT2D eigenvalue weighted by Crippen LogP contribution is 2.23. The lowest BCUT2D eigenvalue weighted by Gasteiger charge is -2.22. The van der Waals surface area contributed by atoms with Crippen molar-refractivity contribution in [1.29, 1.82) is 0 Å². The quantitative estimate of drug-likeness (QED) is 0.833. The zero-order valence-electron chi connectivity index (χ0n) is 13.1. The molecule has 5 heteroatoms. The van der Waals surface area contributed by atoms with Gasteiger partial charge < -0.3 is 14.7 Å². The minimum Gasteiger partial charge on any atom is -0.337 e. The highest BCUT2D eigenvalue weighted by atomic mass is 16.2. The zero-order valence-corrected chi connectivity index (χ0v) is 13.1. The summed E-state index contributed by atoms with van der Waals surface area (Å²) < 4.78 is 0. The Bertz CT molecular complexity index is 573. The van der Waals surface area contributed by atoms with E-state index in [1.807, 2.05) is 29.2 Å². The van der Waals surface area contributed by atoms with Crippen molar-refractivity contribution in [3.8, 4) is 0 Å². The third-order valence-electron chi connectivity index (χ3n) is 4.48. The van der Waals surface area contributed by atoms with Crippen molar-refractivity contribution in [1.82, 2.24) is 9.80 Å². The Morgan fingerprint density at radius 1 is 1.05 bits per heavy atom. The number of hydrogen-bond donors (Lipinski definition) is 0. The van der Waals surface area contributed by atoms with Crippen LogP contribution in [0.15, 0.2) is 24.3 Å². The molecule has 3 rings (SSSR count). The summed E-state index contributed by atoms with van der Waals surface area (Å²) in [5.74, 6) is 0.227. The average Bonchev–Trinajstić information content (AvgIpc) is 2.84.